The van der Waals surface area contributed by atoms with Crippen LogP contribution in [0.15, 0.2) is 0 Å². The summed E-state index contributed by atoms with van der Waals surface area (Å²) in [4.78, 5) is 111. The Morgan fingerprint density at radius 2 is 0.718 bits per heavy atom. The highest BCUT2D eigenvalue weighted by Crippen LogP contribution is 2.37. The molecule has 0 N–H and O–H groups in total. The number of carbonyl (C=O) groups is 9. The van der Waals surface area contributed by atoms with E-state index in [1.54, 1.807) is 14.1 Å². The van der Waals surface area contributed by atoms with E-state index in [-0.39, 0.29) is 119 Å². The second-order valence-corrected chi connectivity index (χ2v) is 24.9. The highest BCUT2D eigenvalue weighted by molar-refractivity contribution is 6.06. The molecule has 0 radical (unpaired) electrons. The Morgan fingerprint density at radius 3 is 0.930 bits per heavy atom. The molecule has 4 aliphatic rings. The van der Waals surface area contributed by atoms with Gasteiger partial charge in [-0.15, -0.1) is 0 Å². The molecule has 0 aromatic rings. The van der Waals surface area contributed by atoms with Crippen LogP contribution in [0.2, 0.25) is 0 Å². The van der Waals surface area contributed by atoms with Crippen LogP contribution < -0.4 is 0 Å². The Bertz CT molecular complexity index is 1670. The third-order valence-corrected chi connectivity index (χ3v) is 14.1. The quantitative estimate of drug-likeness (QED) is 0.129. The van der Waals surface area contributed by atoms with Gasteiger partial charge in [-0.2, -0.15) is 0 Å². The summed E-state index contributed by atoms with van der Waals surface area (Å²) >= 11 is 0. The number of imide groups is 4. The minimum atomic E-state index is -0.107. The molecule has 13 heteroatoms. The molecule has 0 spiro atoms. The number of hydrogen-bond acceptors (Lipinski definition) is 9. The SMILES string of the molecule is CC(C)CC(C)C(C)C(=O)C(C)C.CC(C)CC1C(=O)N(C)C(=O)C1C(C)C.CC(C)CC1C(=O)N(C)C(=O)C1C(C)C.CC(C)CC1CC(=O)N(C(C)C)C1=O.CC(C)CC1CC(=O)N(C(C)C)C1=O. The second-order valence-electron chi connectivity index (χ2n) is 24.9. The molecule has 0 aliphatic carbocycles. The Hall–Kier alpha value is -3.77. The lowest BCUT2D eigenvalue weighted by Crippen LogP contribution is -2.36. The maximum absolute atomic E-state index is 11.9. The van der Waals surface area contributed by atoms with E-state index in [9.17, 15) is 43.2 Å². The topological polar surface area (TPSA) is 167 Å². The standard InChI is InChI=1S/2C12H21NO2.C12H24O.2C11H19NO2/c2*1-7(2)6-9-10(8(3)4)12(15)13(5)11(9)14;1-8(2)7-10(5)11(6)12(13)9(3)4;2*1-7(2)5-9-6-10(13)12(8(3)4)11(9)14/h2*7-10H,6H2,1-5H3;8-11H,7H2,1-6H3;2*7-9H,5-6H2,1-4H3. The molecule has 71 heavy (non-hydrogen) atoms. The van der Waals surface area contributed by atoms with Crippen molar-refractivity contribution < 1.29 is 43.2 Å². The van der Waals surface area contributed by atoms with Crippen molar-refractivity contribution >= 4 is 53.0 Å². The lowest BCUT2D eigenvalue weighted by atomic mass is 9.81. The zero-order valence-corrected chi connectivity index (χ0v) is 49.3. The Labute approximate surface area is 432 Å². The summed E-state index contributed by atoms with van der Waals surface area (Å²) in [5, 5.41) is 0. The van der Waals surface area contributed by atoms with Gasteiger partial charge in [0.1, 0.15) is 5.78 Å². The Morgan fingerprint density at radius 1 is 0.423 bits per heavy atom. The third kappa shape index (κ3) is 20.2. The van der Waals surface area contributed by atoms with Gasteiger partial charge in [0.2, 0.25) is 47.3 Å². The second kappa shape index (κ2) is 30.4. The van der Waals surface area contributed by atoms with Crippen molar-refractivity contribution in [1.29, 1.82) is 0 Å². The minimum Gasteiger partial charge on any atom is -0.299 e. The first kappa shape index (κ1) is 67.2. The first-order chi connectivity index (χ1) is 32.4. The number of ketones is 1. The van der Waals surface area contributed by atoms with Crippen LogP contribution in [0.25, 0.3) is 0 Å². The molecule has 410 valence electrons. The highest BCUT2D eigenvalue weighted by Gasteiger charge is 2.48. The van der Waals surface area contributed by atoms with Gasteiger partial charge in [0.25, 0.3) is 0 Å². The van der Waals surface area contributed by atoms with Crippen LogP contribution in [0.1, 0.15) is 197 Å². The van der Waals surface area contributed by atoms with Crippen molar-refractivity contribution in [2.75, 3.05) is 14.1 Å². The summed E-state index contributed by atoms with van der Waals surface area (Å²) < 4.78 is 0. The van der Waals surface area contributed by atoms with Crippen LogP contribution in [-0.4, -0.2) is 98.8 Å². The van der Waals surface area contributed by atoms with Gasteiger partial charge < -0.3 is 0 Å². The fourth-order valence-corrected chi connectivity index (χ4v) is 10.6. The number of nitrogens with zero attached hydrogens (tertiary/aromatic N) is 4. The van der Waals surface area contributed by atoms with Gasteiger partial charge in [-0.3, -0.25) is 62.8 Å². The van der Waals surface area contributed by atoms with Crippen molar-refractivity contribution in [3.05, 3.63) is 0 Å². The normalized spacial score (nSPS) is 23.6. The number of likely N-dealkylation sites (tertiary alicyclic amines) is 4. The number of Topliss-reactive ketones (excluding diaryl/α,β-unsaturated/α-hetero) is 1. The van der Waals surface area contributed by atoms with E-state index in [0.29, 0.717) is 54.1 Å². The van der Waals surface area contributed by atoms with Gasteiger partial charge in [-0.05, 0) is 107 Å². The largest absolute Gasteiger partial charge is 0.299 e. The van der Waals surface area contributed by atoms with Crippen LogP contribution in [0.3, 0.4) is 0 Å². The molecule has 0 bridgehead atoms. The zero-order chi connectivity index (χ0) is 55.8. The van der Waals surface area contributed by atoms with Crippen molar-refractivity contribution in [3.8, 4) is 0 Å². The molecule has 4 fully saturated rings. The van der Waals surface area contributed by atoms with Crippen molar-refractivity contribution in [2.45, 2.75) is 209 Å². The summed E-state index contributed by atoms with van der Waals surface area (Å²) in [6.07, 6.45) is 5.26. The van der Waals surface area contributed by atoms with Gasteiger partial charge in [0.15, 0.2) is 0 Å². The summed E-state index contributed by atoms with van der Waals surface area (Å²) in [7, 11) is 3.20. The zero-order valence-electron chi connectivity index (χ0n) is 49.3. The summed E-state index contributed by atoms with van der Waals surface area (Å²) in [5.41, 5.74) is 0. The van der Waals surface area contributed by atoms with Crippen LogP contribution in [0.5, 0.6) is 0 Å². The first-order valence-electron chi connectivity index (χ1n) is 27.3. The van der Waals surface area contributed by atoms with Crippen LogP contribution in [0.4, 0.5) is 0 Å². The van der Waals surface area contributed by atoms with Gasteiger partial charge >= 0.3 is 0 Å². The number of hydrogen-bond donors (Lipinski definition) is 0. The minimum absolute atomic E-state index is 0.000602. The van der Waals surface area contributed by atoms with Crippen LogP contribution in [-0.2, 0) is 43.2 Å². The van der Waals surface area contributed by atoms with E-state index in [1.165, 1.54) is 19.6 Å². The van der Waals surface area contributed by atoms with E-state index in [0.717, 1.165) is 32.1 Å². The highest BCUT2D eigenvalue weighted by atomic mass is 16.2. The lowest BCUT2D eigenvalue weighted by Gasteiger charge is -2.21. The molecule has 8 amide bonds. The summed E-state index contributed by atoms with van der Waals surface area (Å²) in [6.45, 7) is 44.9. The summed E-state index contributed by atoms with van der Waals surface area (Å²) in [5.74, 6) is 3.92. The fraction of sp³-hybridized carbons (Fsp3) is 0.845. The summed E-state index contributed by atoms with van der Waals surface area (Å²) in [6, 6.07) is 0.0133. The van der Waals surface area contributed by atoms with E-state index >= 15 is 0 Å². The molecule has 4 heterocycles. The van der Waals surface area contributed by atoms with E-state index < -0.39 is 0 Å². The predicted octanol–water partition coefficient (Wildman–Crippen LogP) is 11.0. The number of amides is 8. The Balaban J connectivity index is 0.000000864. The molecule has 0 aromatic carbocycles. The van der Waals surface area contributed by atoms with Gasteiger partial charge in [-0.1, -0.05) is 125 Å². The fourth-order valence-electron chi connectivity index (χ4n) is 10.6. The monoisotopic (exact) mass is 1000 g/mol. The molecular formula is C58H104N4O9. The van der Waals surface area contributed by atoms with Gasteiger partial charge in [-0.25, -0.2) is 0 Å². The van der Waals surface area contributed by atoms with Crippen molar-refractivity contribution in [3.63, 3.8) is 0 Å². The first-order valence-corrected chi connectivity index (χ1v) is 27.3. The molecule has 13 nitrogen and oxygen atoms in total. The van der Waals surface area contributed by atoms with Gasteiger partial charge in [0, 0.05) is 62.7 Å². The number of rotatable bonds is 17. The molecule has 8 atom stereocenters. The molecule has 4 rings (SSSR count). The lowest BCUT2D eigenvalue weighted by molar-refractivity contribution is -0.143. The smallest absolute Gasteiger partial charge is 0.233 e. The molecule has 4 aliphatic heterocycles. The Kier molecular flexibility index (Phi) is 28.8. The molecule has 0 saturated carbocycles. The molecule has 8 unspecified atom stereocenters. The van der Waals surface area contributed by atoms with Crippen LogP contribution >= 0.6 is 0 Å². The molecular weight excluding hydrogens is 897 g/mol. The average Bonchev–Trinajstić information content (AvgIpc) is 3.82. The van der Waals surface area contributed by atoms with Gasteiger partial charge in [0.05, 0.1) is 23.7 Å². The molecule has 0 aromatic heterocycles. The third-order valence-electron chi connectivity index (χ3n) is 14.1. The maximum atomic E-state index is 11.9. The van der Waals surface area contributed by atoms with E-state index in [4.69, 9.17) is 0 Å². The maximum Gasteiger partial charge on any atom is 0.233 e. The van der Waals surface area contributed by atoms with E-state index in [2.05, 4.69) is 83.1 Å². The van der Waals surface area contributed by atoms with Crippen LogP contribution in [0, 0.1) is 94.7 Å². The average molecular weight is 1000 g/mol. The predicted molar refractivity (Wildman–Crippen MR) is 285 cm³/mol. The van der Waals surface area contributed by atoms with Crippen molar-refractivity contribution in [1.82, 2.24) is 19.6 Å². The molecule has 4 saturated heterocycles. The van der Waals surface area contributed by atoms with Crippen molar-refractivity contribution in [2.24, 2.45) is 94.7 Å². The number of carbonyl (C=O) groups excluding carboxylic acids is 9. The van der Waals surface area contributed by atoms with E-state index in [1.807, 2.05) is 69.2 Å².